The number of fused-ring (bicyclic) bond motifs is 1. The highest BCUT2D eigenvalue weighted by molar-refractivity contribution is 5.49. The van der Waals surface area contributed by atoms with Crippen LogP contribution in [0.1, 0.15) is 35.7 Å². The summed E-state index contributed by atoms with van der Waals surface area (Å²) in [4.78, 5) is 15.7. The lowest BCUT2D eigenvalue weighted by molar-refractivity contribution is 0.646. The van der Waals surface area contributed by atoms with Crippen LogP contribution in [0.5, 0.6) is 0 Å². The molecule has 0 aromatic carbocycles. The van der Waals surface area contributed by atoms with Crippen molar-refractivity contribution in [1.82, 2.24) is 24.7 Å². The van der Waals surface area contributed by atoms with Crippen molar-refractivity contribution in [3.05, 3.63) is 29.2 Å². The van der Waals surface area contributed by atoms with E-state index in [9.17, 15) is 0 Å². The van der Waals surface area contributed by atoms with Crippen molar-refractivity contribution in [3.63, 3.8) is 0 Å². The second-order valence-corrected chi connectivity index (χ2v) is 5.38. The molecule has 6 heteroatoms. The summed E-state index contributed by atoms with van der Waals surface area (Å²) in [5.74, 6) is 2.84. The highest BCUT2D eigenvalue weighted by Gasteiger charge is 2.20. The minimum absolute atomic E-state index is 0.708. The molecular weight excluding hydrogens is 252 g/mol. The van der Waals surface area contributed by atoms with Crippen LogP contribution in [0.3, 0.4) is 0 Å². The molecule has 0 atom stereocenters. The van der Waals surface area contributed by atoms with Crippen LogP contribution in [0.25, 0.3) is 0 Å². The average molecular weight is 272 g/mol. The number of anilines is 1. The Balaban J connectivity index is 1.93. The monoisotopic (exact) mass is 272 g/mol. The summed E-state index contributed by atoms with van der Waals surface area (Å²) in [7, 11) is 3.97. The Morgan fingerprint density at radius 3 is 2.80 bits per heavy atom. The predicted octanol–water partition coefficient (Wildman–Crippen LogP) is 1.43. The van der Waals surface area contributed by atoms with Gasteiger partial charge in [-0.25, -0.2) is 15.0 Å². The Hall–Kier alpha value is -1.98. The molecule has 0 spiro atoms. The molecule has 0 saturated heterocycles. The standard InChI is InChI=1S/C14H20N6/c1-10-17-12-7-5-4-6-11(12)14(18-10)19(2)8-13-15-9-16-20(13)3/h9H,4-8H2,1-3H3. The van der Waals surface area contributed by atoms with Gasteiger partial charge in [0.15, 0.2) is 0 Å². The Bertz CT molecular complexity index is 618. The number of hydrogen-bond acceptors (Lipinski definition) is 5. The molecule has 0 fully saturated rings. The summed E-state index contributed by atoms with van der Waals surface area (Å²) >= 11 is 0. The van der Waals surface area contributed by atoms with Gasteiger partial charge in [-0.2, -0.15) is 5.10 Å². The molecule has 0 bridgehead atoms. The molecule has 106 valence electrons. The summed E-state index contributed by atoms with van der Waals surface area (Å²) in [6.07, 6.45) is 6.20. The number of rotatable bonds is 3. The van der Waals surface area contributed by atoms with E-state index < -0.39 is 0 Å². The minimum Gasteiger partial charge on any atom is -0.352 e. The van der Waals surface area contributed by atoms with Crippen LogP contribution in [0.15, 0.2) is 6.33 Å². The average Bonchev–Trinajstić information content (AvgIpc) is 2.83. The molecule has 1 aliphatic carbocycles. The van der Waals surface area contributed by atoms with Crippen LogP contribution in [0.2, 0.25) is 0 Å². The van der Waals surface area contributed by atoms with Crippen molar-refractivity contribution in [2.45, 2.75) is 39.2 Å². The van der Waals surface area contributed by atoms with E-state index in [0.29, 0.717) is 6.54 Å². The summed E-state index contributed by atoms with van der Waals surface area (Å²) < 4.78 is 1.80. The first-order valence-electron chi connectivity index (χ1n) is 7.05. The van der Waals surface area contributed by atoms with Crippen LogP contribution >= 0.6 is 0 Å². The van der Waals surface area contributed by atoms with E-state index in [-0.39, 0.29) is 0 Å². The second kappa shape index (κ2) is 5.19. The smallest absolute Gasteiger partial charge is 0.146 e. The maximum Gasteiger partial charge on any atom is 0.146 e. The van der Waals surface area contributed by atoms with Gasteiger partial charge in [-0.15, -0.1) is 0 Å². The van der Waals surface area contributed by atoms with Crippen molar-refractivity contribution in [3.8, 4) is 0 Å². The van der Waals surface area contributed by atoms with E-state index in [2.05, 4.69) is 32.0 Å². The summed E-state index contributed by atoms with van der Waals surface area (Å²) in [6.45, 7) is 2.67. The first kappa shape index (κ1) is 13.0. The molecule has 0 radical (unpaired) electrons. The maximum atomic E-state index is 4.65. The van der Waals surface area contributed by atoms with Crippen LogP contribution in [0, 0.1) is 6.92 Å². The largest absolute Gasteiger partial charge is 0.352 e. The molecule has 0 amide bonds. The minimum atomic E-state index is 0.708. The van der Waals surface area contributed by atoms with Crippen LogP contribution in [-0.4, -0.2) is 31.8 Å². The van der Waals surface area contributed by atoms with Gasteiger partial charge in [-0.3, -0.25) is 4.68 Å². The third-order valence-corrected chi connectivity index (χ3v) is 3.82. The van der Waals surface area contributed by atoms with Crippen LogP contribution in [0.4, 0.5) is 5.82 Å². The van der Waals surface area contributed by atoms with Gasteiger partial charge in [-0.05, 0) is 32.6 Å². The molecule has 6 nitrogen and oxygen atoms in total. The fourth-order valence-corrected chi connectivity index (χ4v) is 2.76. The summed E-state index contributed by atoms with van der Waals surface area (Å²) in [5, 5.41) is 4.11. The van der Waals surface area contributed by atoms with Crippen molar-refractivity contribution in [2.24, 2.45) is 7.05 Å². The molecule has 0 aliphatic heterocycles. The van der Waals surface area contributed by atoms with Gasteiger partial charge in [0, 0.05) is 25.4 Å². The number of hydrogen-bond donors (Lipinski definition) is 0. The van der Waals surface area contributed by atoms with Crippen molar-refractivity contribution < 1.29 is 0 Å². The van der Waals surface area contributed by atoms with Crippen molar-refractivity contribution in [2.75, 3.05) is 11.9 Å². The zero-order valence-corrected chi connectivity index (χ0v) is 12.3. The van der Waals surface area contributed by atoms with E-state index in [4.69, 9.17) is 0 Å². The van der Waals surface area contributed by atoms with Gasteiger partial charge in [0.05, 0.1) is 6.54 Å². The molecule has 0 saturated carbocycles. The number of aryl methyl sites for hydroxylation is 3. The number of nitrogens with zero attached hydrogens (tertiary/aromatic N) is 6. The number of aromatic nitrogens is 5. The van der Waals surface area contributed by atoms with Gasteiger partial charge in [0.25, 0.3) is 0 Å². The van der Waals surface area contributed by atoms with E-state index in [1.165, 1.54) is 24.1 Å². The zero-order valence-electron chi connectivity index (χ0n) is 12.3. The molecular formula is C14H20N6. The van der Waals surface area contributed by atoms with Crippen molar-refractivity contribution in [1.29, 1.82) is 0 Å². The third-order valence-electron chi connectivity index (χ3n) is 3.82. The van der Waals surface area contributed by atoms with E-state index in [0.717, 1.165) is 30.3 Å². The zero-order chi connectivity index (χ0) is 14.1. The summed E-state index contributed by atoms with van der Waals surface area (Å²) in [6, 6.07) is 0. The predicted molar refractivity (Wildman–Crippen MR) is 76.5 cm³/mol. The Labute approximate surface area is 118 Å². The fourth-order valence-electron chi connectivity index (χ4n) is 2.76. The molecule has 2 aromatic rings. The van der Waals surface area contributed by atoms with E-state index in [1.54, 1.807) is 11.0 Å². The van der Waals surface area contributed by atoms with Gasteiger partial charge < -0.3 is 4.90 Å². The Morgan fingerprint density at radius 2 is 2.05 bits per heavy atom. The second-order valence-electron chi connectivity index (χ2n) is 5.38. The maximum absolute atomic E-state index is 4.65. The fraction of sp³-hybridized carbons (Fsp3) is 0.571. The molecule has 2 aromatic heterocycles. The normalized spacial score (nSPS) is 14.2. The molecule has 3 rings (SSSR count). The van der Waals surface area contributed by atoms with Gasteiger partial charge >= 0.3 is 0 Å². The first-order chi connectivity index (χ1) is 9.65. The first-order valence-corrected chi connectivity index (χ1v) is 7.05. The lowest BCUT2D eigenvalue weighted by atomic mass is 9.96. The molecule has 20 heavy (non-hydrogen) atoms. The van der Waals surface area contributed by atoms with E-state index >= 15 is 0 Å². The Kier molecular flexibility index (Phi) is 3.38. The molecule has 0 unspecified atom stereocenters. The quantitative estimate of drug-likeness (QED) is 0.846. The molecule has 0 N–H and O–H groups in total. The highest BCUT2D eigenvalue weighted by Crippen LogP contribution is 2.27. The lowest BCUT2D eigenvalue weighted by Gasteiger charge is -2.25. The lowest BCUT2D eigenvalue weighted by Crippen LogP contribution is -2.24. The highest BCUT2D eigenvalue weighted by atomic mass is 15.3. The van der Waals surface area contributed by atoms with E-state index in [1.807, 2.05) is 14.0 Å². The van der Waals surface area contributed by atoms with Gasteiger partial charge in [-0.1, -0.05) is 0 Å². The Morgan fingerprint density at radius 1 is 1.25 bits per heavy atom. The van der Waals surface area contributed by atoms with Crippen LogP contribution < -0.4 is 4.90 Å². The molecule has 1 aliphatic rings. The van der Waals surface area contributed by atoms with Crippen molar-refractivity contribution >= 4 is 5.82 Å². The van der Waals surface area contributed by atoms with Crippen LogP contribution in [-0.2, 0) is 26.4 Å². The third kappa shape index (κ3) is 2.37. The summed E-state index contributed by atoms with van der Waals surface area (Å²) in [5.41, 5.74) is 2.54. The van der Waals surface area contributed by atoms with Gasteiger partial charge in [0.1, 0.15) is 23.8 Å². The SMILES string of the molecule is Cc1nc2c(c(N(C)Cc3ncnn3C)n1)CCCC2. The molecule has 2 heterocycles. The topological polar surface area (TPSA) is 59.7 Å². The van der Waals surface area contributed by atoms with Gasteiger partial charge in [0.2, 0.25) is 0 Å².